The fourth-order valence-corrected chi connectivity index (χ4v) is 4.40. The number of rotatable bonds is 6. The van der Waals surface area contributed by atoms with Crippen molar-refractivity contribution in [3.05, 3.63) is 87.9 Å². The van der Waals surface area contributed by atoms with Crippen LogP contribution in [0.15, 0.2) is 82.2 Å². The van der Waals surface area contributed by atoms with Crippen molar-refractivity contribution in [2.45, 2.75) is 11.3 Å². The molecule has 0 spiro atoms. The van der Waals surface area contributed by atoms with E-state index in [0.29, 0.717) is 16.4 Å². The van der Waals surface area contributed by atoms with Crippen LogP contribution in [0.5, 0.6) is 0 Å². The first-order valence-electron chi connectivity index (χ1n) is 8.64. The third-order valence-corrected chi connectivity index (χ3v) is 6.79. The van der Waals surface area contributed by atoms with Crippen molar-refractivity contribution in [3.8, 4) is 0 Å². The second-order valence-corrected chi connectivity index (χ2v) is 9.65. The summed E-state index contributed by atoms with van der Waals surface area (Å²) in [4.78, 5) is 12.4. The van der Waals surface area contributed by atoms with Gasteiger partial charge in [-0.3, -0.25) is 9.10 Å². The maximum atomic E-state index is 12.8. The Morgan fingerprint density at radius 3 is 2.31 bits per heavy atom. The summed E-state index contributed by atoms with van der Waals surface area (Å²) in [7, 11) is -2.21. The van der Waals surface area contributed by atoms with Gasteiger partial charge in [-0.15, -0.1) is 0 Å². The van der Waals surface area contributed by atoms with E-state index in [-0.39, 0.29) is 17.2 Å². The fraction of sp³-hybridized carbons (Fsp3) is 0.0952. The summed E-state index contributed by atoms with van der Waals surface area (Å²) in [6.07, 6.45) is 0.181. The number of nitrogens with one attached hydrogen (secondary N) is 1. The summed E-state index contributed by atoms with van der Waals surface area (Å²) in [6.45, 7) is 0. The fourth-order valence-electron chi connectivity index (χ4n) is 2.68. The van der Waals surface area contributed by atoms with Gasteiger partial charge in [0.15, 0.2) is 0 Å². The van der Waals surface area contributed by atoms with Crippen LogP contribution in [0.2, 0.25) is 5.02 Å². The monoisotopic (exact) mass is 492 g/mol. The quantitative estimate of drug-likeness (QED) is 0.519. The Hall–Kier alpha value is -2.35. The average Bonchev–Trinajstić information content (AvgIpc) is 2.68. The molecule has 0 aliphatic heterocycles. The standard InChI is InChI=1S/C21H18BrClN2O3S/c1-25(29(27,28)20-11-7-17(23)8-12-20)19-9-5-15(6-10-19)13-21(26)24-18-4-2-3-16(22)14-18/h2-12,14H,13H2,1H3,(H,24,26). The largest absolute Gasteiger partial charge is 0.326 e. The van der Waals surface area contributed by atoms with Crippen molar-refractivity contribution < 1.29 is 13.2 Å². The molecule has 5 nitrogen and oxygen atoms in total. The van der Waals surface area contributed by atoms with Crippen LogP contribution in [0.25, 0.3) is 0 Å². The normalized spacial score (nSPS) is 11.1. The summed E-state index contributed by atoms with van der Waals surface area (Å²) in [5.74, 6) is -0.155. The van der Waals surface area contributed by atoms with Gasteiger partial charge in [-0.05, 0) is 60.2 Å². The van der Waals surface area contributed by atoms with Crippen LogP contribution >= 0.6 is 27.5 Å². The van der Waals surface area contributed by atoms with Crippen molar-refractivity contribution in [1.29, 1.82) is 0 Å². The lowest BCUT2D eigenvalue weighted by molar-refractivity contribution is -0.115. The molecule has 0 aromatic heterocycles. The molecule has 8 heteroatoms. The zero-order valence-electron chi connectivity index (χ0n) is 15.5. The van der Waals surface area contributed by atoms with E-state index in [1.807, 2.05) is 24.3 Å². The molecule has 0 unspecified atom stereocenters. The van der Waals surface area contributed by atoms with Crippen molar-refractivity contribution in [3.63, 3.8) is 0 Å². The highest BCUT2D eigenvalue weighted by Gasteiger charge is 2.21. The molecule has 3 aromatic rings. The van der Waals surface area contributed by atoms with Crippen molar-refractivity contribution in [1.82, 2.24) is 0 Å². The first-order chi connectivity index (χ1) is 13.8. The van der Waals surface area contributed by atoms with Gasteiger partial charge in [0.25, 0.3) is 10.0 Å². The summed E-state index contributed by atoms with van der Waals surface area (Å²) >= 11 is 9.20. The molecule has 0 saturated heterocycles. The van der Waals surface area contributed by atoms with E-state index in [1.54, 1.807) is 24.3 Å². The highest BCUT2D eigenvalue weighted by Crippen LogP contribution is 2.24. The van der Waals surface area contributed by atoms with Gasteiger partial charge in [-0.1, -0.05) is 45.7 Å². The number of benzene rings is 3. The lowest BCUT2D eigenvalue weighted by atomic mass is 10.1. The van der Waals surface area contributed by atoms with Crippen LogP contribution < -0.4 is 9.62 Å². The smallest absolute Gasteiger partial charge is 0.264 e. The molecule has 0 saturated carbocycles. The van der Waals surface area contributed by atoms with Crippen LogP contribution in [0, 0.1) is 0 Å². The second kappa shape index (κ2) is 8.98. The molecule has 0 fully saturated rings. The molecule has 29 heavy (non-hydrogen) atoms. The Balaban J connectivity index is 1.69. The molecule has 1 amide bonds. The Bertz CT molecular complexity index is 1120. The van der Waals surface area contributed by atoms with Gasteiger partial charge in [0.05, 0.1) is 17.0 Å². The molecule has 0 aliphatic carbocycles. The second-order valence-electron chi connectivity index (χ2n) is 6.33. The van der Waals surface area contributed by atoms with Crippen molar-refractivity contribution in [2.24, 2.45) is 0 Å². The molecule has 0 heterocycles. The Morgan fingerprint density at radius 2 is 1.69 bits per heavy atom. The van der Waals surface area contributed by atoms with Gasteiger partial charge in [0.1, 0.15) is 0 Å². The zero-order chi connectivity index (χ0) is 21.0. The van der Waals surface area contributed by atoms with E-state index >= 15 is 0 Å². The van der Waals surface area contributed by atoms with Crippen LogP contribution in [0.4, 0.5) is 11.4 Å². The first kappa shape index (κ1) is 21.4. The lowest BCUT2D eigenvalue weighted by Crippen LogP contribution is -2.26. The third-order valence-electron chi connectivity index (χ3n) is 4.25. The van der Waals surface area contributed by atoms with E-state index in [1.165, 1.54) is 35.6 Å². The molecule has 0 atom stereocenters. The molecule has 3 rings (SSSR count). The van der Waals surface area contributed by atoms with Gasteiger partial charge >= 0.3 is 0 Å². The van der Waals surface area contributed by atoms with Crippen LogP contribution in [0.1, 0.15) is 5.56 Å². The number of nitrogens with zero attached hydrogens (tertiary/aromatic N) is 1. The highest BCUT2D eigenvalue weighted by atomic mass is 79.9. The van der Waals surface area contributed by atoms with E-state index in [4.69, 9.17) is 11.6 Å². The number of sulfonamides is 1. The summed E-state index contributed by atoms with van der Waals surface area (Å²) in [5.41, 5.74) is 1.98. The highest BCUT2D eigenvalue weighted by molar-refractivity contribution is 9.10. The van der Waals surface area contributed by atoms with Gasteiger partial charge < -0.3 is 5.32 Å². The predicted octanol–water partition coefficient (Wildman–Crippen LogP) is 5.11. The van der Waals surface area contributed by atoms with Gasteiger partial charge in [0, 0.05) is 22.2 Å². The topological polar surface area (TPSA) is 66.5 Å². The average molecular weight is 494 g/mol. The maximum absolute atomic E-state index is 12.8. The first-order valence-corrected chi connectivity index (χ1v) is 11.3. The molecular weight excluding hydrogens is 476 g/mol. The number of amides is 1. The molecule has 0 aliphatic rings. The molecule has 3 aromatic carbocycles. The number of carbonyl (C=O) groups excluding carboxylic acids is 1. The van der Waals surface area contributed by atoms with Gasteiger partial charge in [-0.25, -0.2) is 8.42 Å². The predicted molar refractivity (Wildman–Crippen MR) is 120 cm³/mol. The van der Waals surface area contributed by atoms with Gasteiger partial charge in [-0.2, -0.15) is 0 Å². The van der Waals surface area contributed by atoms with E-state index in [2.05, 4.69) is 21.2 Å². The van der Waals surface area contributed by atoms with E-state index in [0.717, 1.165) is 10.0 Å². The van der Waals surface area contributed by atoms with Crippen LogP contribution in [-0.2, 0) is 21.2 Å². The minimum Gasteiger partial charge on any atom is -0.326 e. The number of anilines is 2. The maximum Gasteiger partial charge on any atom is 0.264 e. The number of hydrogen-bond acceptors (Lipinski definition) is 3. The van der Waals surface area contributed by atoms with Crippen molar-refractivity contribution >= 4 is 54.8 Å². The van der Waals surface area contributed by atoms with E-state index < -0.39 is 10.0 Å². The number of halogens is 2. The Labute approximate surface area is 183 Å². The van der Waals surface area contributed by atoms with Gasteiger partial charge in [0.2, 0.25) is 5.91 Å². The summed E-state index contributed by atoms with van der Waals surface area (Å²) in [5, 5.41) is 3.30. The molecule has 0 bridgehead atoms. The lowest BCUT2D eigenvalue weighted by Gasteiger charge is -2.20. The van der Waals surface area contributed by atoms with Crippen LogP contribution in [0.3, 0.4) is 0 Å². The van der Waals surface area contributed by atoms with Crippen molar-refractivity contribution in [2.75, 3.05) is 16.7 Å². The molecular formula is C21H18BrClN2O3S. The minimum atomic E-state index is -3.70. The van der Waals surface area contributed by atoms with E-state index in [9.17, 15) is 13.2 Å². The summed E-state index contributed by atoms with van der Waals surface area (Å²) < 4.78 is 27.6. The number of hydrogen-bond donors (Lipinski definition) is 1. The third kappa shape index (κ3) is 5.38. The summed E-state index contributed by atoms with van der Waals surface area (Å²) in [6, 6.07) is 20.2. The Kier molecular flexibility index (Phi) is 6.62. The molecule has 0 radical (unpaired) electrons. The minimum absolute atomic E-state index is 0.155. The van der Waals surface area contributed by atoms with Crippen LogP contribution in [-0.4, -0.2) is 21.4 Å². The zero-order valence-corrected chi connectivity index (χ0v) is 18.6. The number of carbonyl (C=O) groups is 1. The molecule has 150 valence electrons. The Morgan fingerprint density at radius 1 is 1.03 bits per heavy atom. The molecule has 1 N–H and O–H groups in total. The SMILES string of the molecule is CN(c1ccc(CC(=O)Nc2cccc(Br)c2)cc1)S(=O)(=O)c1ccc(Cl)cc1.